The molecule has 0 aliphatic carbocycles. The number of nitrogens with zero attached hydrogens (tertiary/aromatic N) is 2. The second kappa shape index (κ2) is 8.39. The number of benzene rings is 2. The molecule has 2 fully saturated rings. The molecule has 32 heavy (non-hydrogen) atoms. The summed E-state index contributed by atoms with van der Waals surface area (Å²) >= 11 is 0. The molecule has 166 valence electrons. The van der Waals surface area contributed by atoms with Crippen LogP contribution in [0.3, 0.4) is 0 Å². The van der Waals surface area contributed by atoms with Crippen molar-refractivity contribution in [3.63, 3.8) is 0 Å². The highest BCUT2D eigenvalue weighted by molar-refractivity contribution is 5.94. The molecule has 3 heterocycles. The Morgan fingerprint density at radius 1 is 1.16 bits per heavy atom. The van der Waals surface area contributed by atoms with Crippen LogP contribution in [0.1, 0.15) is 32.6 Å². The van der Waals surface area contributed by atoms with E-state index in [1.54, 1.807) is 42.6 Å². The Kier molecular flexibility index (Phi) is 5.43. The highest BCUT2D eigenvalue weighted by Crippen LogP contribution is 2.39. The van der Waals surface area contributed by atoms with Crippen molar-refractivity contribution in [1.29, 1.82) is 0 Å². The van der Waals surface area contributed by atoms with E-state index in [1.165, 1.54) is 12.1 Å². The van der Waals surface area contributed by atoms with E-state index in [-0.39, 0.29) is 41.7 Å². The Morgan fingerprint density at radius 3 is 2.59 bits per heavy atom. The Labute approximate surface area is 186 Å². The lowest BCUT2D eigenvalue weighted by atomic mass is 9.97. The van der Waals surface area contributed by atoms with E-state index >= 15 is 0 Å². The average molecular weight is 435 g/mol. The van der Waals surface area contributed by atoms with Crippen LogP contribution < -0.4 is 10.1 Å². The minimum Gasteiger partial charge on any atom is -0.508 e. The lowest BCUT2D eigenvalue weighted by Crippen LogP contribution is -2.53. The van der Waals surface area contributed by atoms with Crippen molar-refractivity contribution in [3.05, 3.63) is 60.5 Å². The van der Waals surface area contributed by atoms with Gasteiger partial charge >= 0.3 is 0 Å². The van der Waals surface area contributed by atoms with Crippen LogP contribution in [0.2, 0.25) is 0 Å². The summed E-state index contributed by atoms with van der Waals surface area (Å²) in [7, 11) is 0. The van der Waals surface area contributed by atoms with Crippen molar-refractivity contribution in [2.75, 3.05) is 5.32 Å². The molecule has 0 radical (unpaired) electrons. The van der Waals surface area contributed by atoms with Crippen molar-refractivity contribution in [3.8, 4) is 11.5 Å². The first-order chi connectivity index (χ1) is 15.5. The van der Waals surface area contributed by atoms with Gasteiger partial charge in [-0.3, -0.25) is 14.7 Å². The number of rotatable bonds is 5. The Morgan fingerprint density at radius 2 is 1.88 bits per heavy atom. The second-order valence-corrected chi connectivity index (χ2v) is 8.73. The molecule has 2 aliphatic rings. The van der Waals surface area contributed by atoms with E-state index in [2.05, 4.69) is 15.2 Å². The minimum absolute atomic E-state index is 0.0185. The summed E-state index contributed by atoms with van der Waals surface area (Å²) in [6.07, 6.45) is 5.43. The number of pyridine rings is 1. The van der Waals surface area contributed by atoms with Gasteiger partial charge in [-0.25, -0.2) is 4.39 Å². The number of aromatic hydroxyl groups is 1. The molecule has 3 aromatic rings. The maximum atomic E-state index is 13.8. The van der Waals surface area contributed by atoms with Crippen LogP contribution in [0.25, 0.3) is 10.9 Å². The number of halogens is 1. The summed E-state index contributed by atoms with van der Waals surface area (Å²) in [5.74, 6) is 0.465. The molecular formula is C25H26FN3O3. The fourth-order valence-corrected chi connectivity index (χ4v) is 5.19. The number of hydrogen-bond donors (Lipinski definition) is 2. The fraction of sp³-hybridized carbons (Fsp3) is 0.360. The SMILES string of the molecule is CC(C(=O)Nc1ccc(O)cc1)N1C2CCC1CC(Oc1ccnc3ccc(F)cc13)C2. The van der Waals surface area contributed by atoms with Crippen molar-refractivity contribution in [2.24, 2.45) is 0 Å². The maximum absolute atomic E-state index is 13.8. The van der Waals surface area contributed by atoms with Gasteiger partial charge in [0.15, 0.2) is 0 Å². The number of aromatic nitrogens is 1. The van der Waals surface area contributed by atoms with Gasteiger partial charge < -0.3 is 15.2 Å². The number of carbonyl (C=O) groups is 1. The predicted octanol–water partition coefficient (Wildman–Crippen LogP) is 4.48. The standard InChI is InChI=1S/C25H26FN3O3/c1-15(25(31)28-17-3-7-20(30)8-4-17)29-18-5-6-19(29)14-21(13-18)32-24-10-11-27-23-9-2-16(26)12-22(23)24/h2-4,7-12,15,18-19,21,30H,5-6,13-14H2,1H3,(H,28,31). The van der Waals surface area contributed by atoms with Gasteiger partial charge in [0.2, 0.25) is 5.91 Å². The molecule has 5 rings (SSSR count). The zero-order valence-electron chi connectivity index (χ0n) is 17.9. The molecule has 0 saturated carbocycles. The highest BCUT2D eigenvalue weighted by atomic mass is 19.1. The average Bonchev–Trinajstić information content (AvgIpc) is 3.05. The smallest absolute Gasteiger partial charge is 0.241 e. The van der Waals surface area contributed by atoms with Crippen molar-refractivity contribution < 1.29 is 19.0 Å². The largest absolute Gasteiger partial charge is 0.508 e. The van der Waals surface area contributed by atoms with E-state index < -0.39 is 0 Å². The van der Waals surface area contributed by atoms with Crippen LogP contribution in [0.5, 0.6) is 11.5 Å². The Bertz CT molecular complexity index is 1120. The molecule has 7 heteroatoms. The van der Waals surface area contributed by atoms with Gasteiger partial charge in [-0.05, 0) is 81.1 Å². The fourth-order valence-electron chi connectivity index (χ4n) is 5.19. The lowest BCUT2D eigenvalue weighted by molar-refractivity contribution is -0.123. The Balaban J connectivity index is 1.27. The number of hydrogen-bond acceptors (Lipinski definition) is 5. The summed E-state index contributed by atoms with van der Waals surface area (Å²) in [6.45, 7) is 1.95. The van der Waals surface area contributed by atoms with Gasteiger partial charge in [-0.1, -0.05) is 0 Å². The summed E-state index contributed by atoms with van der Waals surface area (Å²) in [6, 6.07) is 13.1. The number of amides is 1. The van der Waals surface area contributed by atoms with Gasteiger partial charge in [0.05, 0.1) is 11.6 Å². The first-order valence-corrected chi connectivity index (χ1v) is 11.1. The number of anilines is 1. The third kappa shape index (κ3) is 4.00. The van der Waals surface area contributed by atoms with E-state index in [4.69, 9.17) is 4.74 Å². The Hall–Kier alpha value is -3.19. The molecule has 1 amide bonds. The van der Waals surface area contributed by atoms with Crippen molar-refractivity contribution >= 4 is 22.5 Å². The van der Waals surface area contributed by atoms with Crippen LogP contribution in [0.15, 0.2) is 54.7 Å². The van der Waals surface area contributed by atoms with E-state index in [9.17, 15) is 14.3 Å². The van der Waals surface area contributed by atoms with Gasteiger partial charge in [-0.2, -0.15) is 0 Å². The van der Waals surface area contributed by atoms with Gasteiger partial charge in [0, 0.05) is 29.4 Å². The zero-order valence-corrected chi connectivity index (χ0v) is 17.9. The van der Waals surface area contributed by atoms with Crippen LogP contribution in [-0.2, 0) is 4.79 Å². The van der Waals surface area contributed by atoms with Gasteiger partial charge in [0.1, 0.15) is 23.4 Å². The van der Waals surface area contributed by atoms with E-state index in [0.29, 0.717) is 22.3 Å². The maximum Gasteiger partial charge on any atom is 0.241 e. The molecule has 2 aromatic carbocycles. The molecular weight excluding hydrogens is 409 g/mol. The monoisotopic (exact) mass is 435 g/mol. The van der Waals surface area contributed by atoms with E-state index in [1.807, 2.05) is 6.92 Å². The molecule has 3 atom stereocenters. The first-order valence-electron chi connectivity index (χ1n) is 11.1. The molecule has 3 unspecified atom stereocenters. The number of piperidine rings is 1. The summed E-state index contributed by atoms with van der Waals surface area (Å²) in [5, 5.41) is 13.1. The van der Waals surface area contributed by atoms with Crippen LogP contribution >= 0.6 is 0 Å². The number of nitrogens with one attached hydrogen (secondary N) is 1. The quantitative estimate of drug-likeness (QED) is 0.578. The topological polar surface area (TPSA) is 74.7 Å². The summed E-state index contributed by atoms with van der Waals surface area (Å²) in [4.78, 5) is 19.5. The number of phenolic OH excluding ortho intramolecular Hbond substituents is 1. The lowest BCUT2D eigenvalue weighted by Gasteiger charge is -2.41. The highest BCUT2D eigenvalue weighted by Gasteiger charge is 2.45. The molecule has 2 aliphatic heterocycles. The molecule has 2 saturated heterocycles. The first kappa shape index (κ1) is 20.7. The molecule has 2 N–H and O–H groups in total. The third-order valence-corrected chi connectivity index (χ3v) is 6.67. The molecule has 1 aromatic heterocycles. The number of fused-ring (bicyclic) bond motifs is 3. The van der Waals surface area contributed by atoms with Gasteiger partial charge in [0.25, 0.3) is 0 Å². The second-order valence-electron chi connectivity index (χ2n) is 8.73. The molecule has 2 bridgehead atoms. The molecule has 6 nitrogen and oxygen atoms in total. The molecule has 0 spiro atoms. The normalized spacial score (nSPS) is 23.8. The number of carbonyl (C=O) groups excluding carboxylic acids is 1. The number of ether oxygens (including phenoxy) is 1. The van der Waals surface area contributed by atoms with Crippen LogP contribution in [0, 0.1) is 5.82 Å². The summed E-state index contributed by atoms with van der Waals surface area (Å²) < 4.78 is 20.1. The van der Waals surface area contributed by atoms with Crippen LogP contribution in [-0.4, -0.2) is 45.1 Å². The van der Waals surface area contributed by atoms with E-state index in [0.717, 1.165) is 25.7 Å². The van der Waals surface area contributed by atoms with Gasteiger partial charge in [-0.15, -0.1) is 0 Å². The zero-order chi connectivity index (χ0) is 22.2. The van der Waals surface area contributed by atoms with Crippen molar-refractivity contribution in [1.82, 2.24) is 9.88 Å². The minimum atomic E-state index is -0.307. The summed E-state index contributed by atoms with van der Waals surface area (Å²) in [5.41, 5.74) is 1.38. The predicted molar refractivity (Wildman–Crippen MR) is 120 cm³/mol. The van der Waals surface area contributed by atoms with Crippen molar-refractivity contribution in [2.45, 2.75) is 56.8 Å². The number of phenols is 1. The third-order valence-electron chi connectivity index (χ3n) is 6.67. The van der Waals surface area contributed by atoms with Crippen LogP contribution in [0.4, 0.5) is 10.1 Å².